The van der Waals surface area contributed by atoms with Crippen LogP contribution in [0.4, 0.5) is 11.4 Å². The molecule has 3 rings (SSSR count). The Morgan fingerprint density at radius 3 is 2.27 bits per heavy atom. The highest BCUT2D eigenvalue weighted by Crippen LogP contribution is 2.27. The van der Waals surface area contributed by atoms with Gasteiger partial charge in [0.1, 0.15) is 0 Å². The number of carbonyl (C=O) groups excluding carboxylic acids is 3. The Kier molecular flexibility index (Phi) is 7.84. The first kappa shape index (κ1) is 24.0. The maximum Gasteiger partial charge on any atom is 0.338 e. The lowest BCUT2D eigenvalue weighted by Gasteiger charge is -2.24. The van der Waals surface area contributed by atoms with E-state index < -0.39 is 42.2 Å². The van der Waals surface area contributed by atoms with Crippen molar-refractivity contribution in [1.29, 1.82) is 0 Å². The Morgan fingerprint density at radius 2 is 1.64 bits per heavy atom. The molecule has 2 aromatic carbocycles. The van der Waals surface area contributed by atoms with Gasteiger partial charge in [-0.25, -0.2) is 4.79 Å². The minimum absolute atomic E-state index is 0.198. The summed E-state index contributed by atoms with van der Waals surface area (Å²) < 4.78 is 5.03. The Morgan fingerprint density at radius 1 is 0.970 bits per heavy atom. The Balaban J connectivity index is 1.52. The predicted octanol–water partition coefficient (Wildman–Crippen LogP) is 4.05. The highest BCUT2D eigenvalue weighted by Gasteiger charge is 2.33. The van der Waals surface area contributed by atoms with Gasteiger partial charge < -0.3 is 20.5 Å². The molecule has 0 radical (unpaired) electrons. The second kappa shape index (κ2) is 10.8. The van der Waals surface area contributed by atoms with Crippen LogP contribution in [0, 0.1) is 18.8 Å². The van der Waals surface area contributed by atoms with Gasteiger partial charge in [-0.15, -0.1) is 0 Å². The van der Waals surface area contributed by atoms with Crippen LogP contribution in [-0.2, 0) is 19.1 Å². The van der Waals surface area contributed by atoms with Crippen LogP contribution in [0.25, 0.3) is 0 Å². The van der Waals surface area contributed by atoms with Crippen molar-refractivity contribution in [3.05, 3.63) is 70.8 Å². The zero-order chi connectivity index (χ0) is 24.0. The number of hydrogen-bond acceptors (Lipinski definition) is 5. The molecular weight excluding hydrogens is 448 g/mol. The number of amides is 2. The van der Waals surface area contributed by atoms with Crippen molar-refractivity contribution in [2.75, 3.05) is 17.2 Å². The van der Waals surface area contributed by atoms with E-state index in [4.69, 9.17) is 16.3 Å². The highest BCUT2D eigenvalue weighted by molar-refractivity contribution is 6.31. The number of hydrogen-bond donors (Lipinski definition) is 3. The van der Waals surface area contributed by atoms with E-state index in [1.54, 1.807) is 30.4 Å². The van der Waals surface area contributed by atoms with Crippen molar-refractivity contribution < 1.29 is 29.0 Å². The van der Waals surface area contributed by atoms with Gasteiger partial charge in [0.05, 0.1) is 17.4 Å². The van der Waals surface area contributed by atoms with E-state index in [2.05, 4.69) is 10.6 Å². The minimum Gasteiger partial charge on any atom is -0.481 e. The molecule has 9 heteroatoms. The molecule has 33 heavy (non-hydrogen) atoms. The van der Waals surface area contributed by atoms with Crippen LogP contribution in [-0.4, -0.2) is 35.5 Å². The number of allylic oxidation sites excluding steroid dienone is 2. The van der Waals surface area contributed by atoms with Crippen molar-refractivity contribution in [2.45, 2.75) is 19.8 Å². The second-order valence-corrected chi connectivity index (χ2v) is 8.14. The molecule has 0 unspecified atom stereocenters. The number of anilines is 2. The SMILES string of the molecule is Cc1cc(Cl)cc(NC(=O)COC(=O)c2ccc(NC(=O)[C@@H]3CC=CC[C@H]3C(=O)O)cc2)c1. The molecule has 172 valence electrons. The van der Waals surface area contributed by atoms with Gasteiger partial charge in [-0.05, 0) is 67.8 Å². The maximum absolute atomic E-state index is 12.5. The molecule has 0 fully saturated rings. The molecule has 8 nitrogen and oxygen atoms in total. The third kappa shape index (κ3) is 6.66. The summed E-state index contributed by atoms with van der Waals surface area (Å²) in [5.74, 6) is -4.05. The lowest BCUT2D eigenvalue weighted by molar-refractivity contribution is -0.146. The van der Waals surface area contributed by atoms with Crippen LogP contribution in [0.5, 0.6) is 0 Å². The van der Waals surface area contributed by atoms with Crippen molar-refractivity contribution >= 4 is 46.7 Å². The number of nitrogens with one attached hydrogen (secondary N) is 2. The number of ether oxygens (including phenoxy) is 1. The zero-order valence-corrected chi connectivity index (χ0v) is 18.6. The lowest BCUT2D eigenvalue weighted by atomic mass is 9.82. The van der Waals surface area contributed by atoms with Crippen LogP contribution >= 0.6 is 11.6 Å². The molecule has 0 saturated heterocycles. The number of carboxylic acid groups (broad SMARTS) is 1. The number of carbonyl (C=O) groups is 4. The molecule has 0 aromatic heterocycles. The number of halogens is 1. The van der Waals surface area contributed by atoms with Gasteiger partial charge in [0.25, 0.3) is 5.91 Å². The van der Waals surface area contributed by atoms with Gasteiger partial charge in [0, 0.05) is 16.4 Å². The molecule has 1 aliphatic rings. The van der Waals surface area contributed by atoms with E-state index in [1.807, 2.05) is 6.92 Å². The van der Waals surface area contributed by atoms with E-state index in [0.29, 0.717) is 29.2 Å². The summed E-state index contributed by atoms with van der Waals surface area (Å²) in [4.78, 5) is 48.2. The fourth-order valence-electron chi connectivity index (χ4n) is 3.52. The normalized spacial score (nSPS) is 17.2. The molecule has 0 saturated carbocycles. The number of rotatable bonds is 7. The fourth-order valence-corrected chi connectivity index (χ4v) is 3.81. The van der Waals surface area contributed by atoms with Crippen molar-refractivity contribution in [2.24, 2.45) is 11.8 Å². The lowest BCUT2D eigenvalue weighted by Crippen LogP contribution is -2.34. The van der Waals surface area contributed by atoms with Gasteiger partial charge in [-0.1, -0.05) is 23.8 Å². The topological polar surface area (TPSA) is 122 Å². The van der Waals surface area contributed by atoms with Gasteiger partial charge in [-0.3, -0.25) is 14.4 Å². The molecule has 0 spiro atoms. The summed E-state index contributed by atoms with van der Waals surface area (Å²) in [6.45, 7) is 1.36. The zero-order valence-electron chi connectivity index (χ0n) is 17.8. The van der Waals surface area contributed by atoms with Crippen molar-refractivity contribution in [3.63, 3.8) is 0 Å². The molecule has 2 amide bonds. The molecular formula is C24H23ClN2O6. The van der Waals surface area contributed by atoms with Crippen molar-refractivity contribution in [3.8, 4) is 0 Å². The predicted molar refractivity (Wildman–Crippen MR) is 123 cm³/mol. The van der Waals surface area contributed by atoms with Gasteiger partial charge in [-0.2, -0.15) is 0 Å². The van der Waals surface area contributed by atoms with Crippen molar-refractivity contribution in [1.82, 2.24) is 0 Å². The van der Waals surface area contributed by atoms with Gasteiger partial charge in [0.15, 0.2) is 6.61 Å². The van der Waals surface area contributed by atoms with E-state index >= 15 is 0 Å². The number of aliphatic carboxylic acids is 1. The summed E-state index contributed by atoms with van der Waals surface area (Å²) in [5.41, 5.74) is 1.99. The second-order valence-electron chi connectivity index (χ2n) is 7.70. The quantitative estimate of drug-likeness (QED) is 0.414. The van der Waals surface area contributed by atoms with Crippen LogP contribution in [0.15, 0.2) is 54.6 Å². The standard InChI is InChI=1S/C24H23ClN2O6/c1-14-10-16(25)12-18(11-14)26-21(28)13-33-24(32)15-6-8-17(9-7-15)27-22(29)19-4-2-3-5-20(19)23(30)31/h2-3,6-12,19-20H,4-5,13H2,1H3,(H,26,28)(H,27,29)(H,30,31)/t19-,20-/m1/s1. The van der Waals surface area contributed by atoms with Gasteiger partial charge in [0.2, 0.25) is 5.91 Å². The monoisotopic (exact) mass is 470 g/mol. The molecule has 0 bridgehead atoms. The smallest absolute Gasteiger partial charge is 0.338 e. The largest absolute Gasteiger partial charge is 0.481 e. The van der Waals surface area contributed by atoms with E-state index in [-0.39, 0.29) is 5.56 Å². The third-order valence-corrected chi connectivity index (χ3v) is 5.35. The Labute approximate surface area is 195 Å². The van der Waals surface area contributed by atoms with Crippen LogP contribution < -0.4 is 10.6 Å². The number of carboxylic acids is 1. The van der Waals surface area contributed by atoms with E-state index in [0.717, 1.165) is 5.56 Å². The summed E-state index contributed by atoms with van der Waals surface area (Å²) in [6.07, 6.45) is 4.22. The Bertz CT molecular complexity index is 1080. The molecule has 2 atom stereocenters. The summed E-state index contributed by atoms with van der Waals surface area (Å²) in [6, 6.07) is 11.0. The number of esters is 1. The molecule has 2 aromatic rings. The molecule has 0 heterocycles. The first-order valence-corrected chi connectivity index (χ1v) is 10.6. The molecule has 1 aliphatic carbocycles. The van der Waals surface area contributed by atoms with E-state index in [9.17, 15) is 24.3 Å². The maximum atomic E-state index is 12.5. The Hall–Kier alpha value is -3.65. The average Bonchev–Trinajstić information content (AvgIpc) is 2.77. The summed E-state index contributed by atoms with van der Waals surface area (Å²) in [7, 11) is 0. The van der Waals surface area contributed by atoms with E-state index in [1.165, 1.54) is 24.3 Å². The summed E-state index contributed by atoms with van der Waals surface area (Å²) in [5, 5.41) is 15.1. The van der Waals surface area contributed by atoms with Crippen LogP contribution in [0.3, 0.4) is 0 Å². The van der Waals surface area contributed by atoms with Gasteiger partial charge >= 0.3 is 11.9 Å². The number of benzene rings is 2. The fraction of sp³-hybridized carbons (Fsp3) is 0.250. The van der Waals surface area contributed by atoms with Crippen LogP contribution in [0.2, 0.25) is 5.02 Å². The minimum atomic E-state index is -1.01. The first-order valence-electron chi connectivity index (χ1n) is 10.3. The molecule has 3 N–H and O–H groups in total. The summed E-state index contributed by atoms with van der Waals surface area (Å²) >= 11 is 5.96. The third-order valence-electron chi connectivity index (χ3n) is 5.13. The average molecular weight is 471 g/mol. The van der Waals surface area contributed by atoms with Crippen LogP contribution in [0.1, 0.15) is 28.8 Å². The molecule has 0 aliphatic heterocycles. The first-order chi connectivity index (χ1) is 15.7. The number of aryl methyl sites for hydroxylation is 1. The highest BCUT2D eigenvalue weighted by atomic mass is 35.5.